The second-order valence-corrected chi connectivity index (χ2v) is 9.02. The molecular formula is C20H22N4O2S2. The summed E-state index contributed by atoms with van der Waals surface area (Å²) in [5, 5.41) is 5.17. The standard InChI is InChI=1S/C20H22N4O2S2/c1-13-19(20(25)24-9-11-27-12-10-24)28-17(22-13)7-6-15-14(2)26-23-18(15)16-5-3-4-8-21-16/h3-5,8H,6-7,9-12H2,1-2H3. The summed E-state index contributed by atoms with van der Waals surface area (Å²) in [5.41, 5.74) is 3.47. The van der Waals surface area contributed by atoms with E-state index in [0.717, 1.165) is 75.7 Å². The molecule has 3 aromatic rings. The number of hydrogen-bond donors (Lipinski definition) is 0. The molecule has 3 aromatic heterocycles. The van der Waals surface area contributed by atoms with Crippen LogP contribution in [0.4, 0.5) is 0 Å². The number of aryl methyl sites for hydroxylation is 3. The monoisotopic (exact) mass is 414 g/mol. The van der Waals surface area contributed by atoms with Crippen molar-refractivity contribution in [1.82, 2.24) is 20.0 Å². The molecule has 0 spiro atoms. The third kappa shape index (κ3) is 3.98. The zero-order valence-corrected chi connectivity index (χ0v) is 17.6. The highest BCUT2D eigenvalue weighted by Gasteiger charge is 2.23. The van der Waals surface area contributed by atoms with Crippen LogP contribution in [0.2, 0.25) is 0 Å². The number of nitrogens with zero attached hydrogens (tertiary/aromatic N) is 4. The van der Waals surface area contributed by atoms with E-state index in [1.807, 2.05) is 48.7 Å². The highest BCUT2D eigenvalue weighted by atomic mass is 32.2. The second kappa shape index (κ2) is 8.45. The molecule has 0 aromatic carbocycles. The van der Waals surface area contributed by atoms with Crippen LogP contribution in [0.15, 0.2) is 28.9 Å². The molecular weight excluding hydrogens is 392 g/mol. The predicted octanol–water partition coefficient (Wildman–Crippen LogP) is 3.78. The number of thioether (sulfide) groups is 1. The molecule has 1 amide bonds. The molecule has 1 saturated heterocycles. The molecule has 1 aliphatic rings. The van der Waals surface area contributed by atoms with E-state index in [2.05, 4.69) is 15.1 Å². The van der Waals surface area contributed by atoms with Gasteiger partial charge in [0.05, 0.1) is 16.4 Å². The number of amides is 1. The van der Waals surface area contributed by atoms with E-state index < -0.39 is 0 Å². The molecule has 6 nitrogen and oxygen atoms in total. The summed E-state index contributed by atoms with van der Waals surface area (Å²) in [6, 6.07) is 5.76. The minimum absolute atomic E-state index is 0.122. The van der Waals surface area contributed by atoms with Crippen molar-refractivity contribution in [2.75, 3.05) is 24.6 Å². The van der Waals surface area contributed by atoms with Gasteiger partial charge in [-0.05, 0) is 32.4 Å². The Bertz CT molecular complexity index is 962. The highest BCUT2D eigenvalue weighted by molar-refractivity contribution is 7.99. The third-order valence-corrected chi connectivity index (χ3v) is 6.96. The zero-order valence-electron chi connectivity index (χ0n) is 16.0. The van der Waals surface area contributed by atoms with Crippen LogP contribution in [0.1, 0.15) is 31.7 Å². The lowest BCUT2D eigenvalue weighted by molar-refractivity contribution is 0.0776. The van der Waals surface area contributed by atoms with Crippen molar-refractivity contribution in [1.29, 1.82) is 0 Å². The normalized spacial score (nSPS) is 14.4. The first-order chi connectivity index (χ1) is 13.6. The van der Waals surface area contributed by atoms with E-state index >= 15 is 0 Å². The highest BCUT2D eigenvalue weighted by Crippen LogP contribution is 2.27. The number of carbonyl (C=O) groups is 1. The summed E-state index contributed by atoms with van der Waals surface area (Å²) >= 11 is 3.42. The van der Waals surface area contributed by atoms with E-state index in [0.29, 0.717) is 0 Å². The second-order valence-electron chi connectivity index (χ2n) is 6.71. The van der Waals surface area contributed by atoms with Crippen molar-refractivity contribution in [2.24, 2.45) is 0 Å². The molecule has 8 heteroatoms. The molecule has 146 valence electrons. The summed E-state index contributed by atoms with van der Waals surface area (Å²) in [6.45, 7) is 5.49. The van der Waals surface area contributed by atoms with Gasteiger partial charge < -0.3 is 9.42 Å². The van der Waals surface area contributed by atoms with E-state index in [-0.39, 0.29) is 5.91 Å². The van der Waals surface area contributed by atoms with Crippen LogP contribution >= 0.6 is 23.1 Å². The first-order valence-corrected chi connectivity index (χ1v) is 11.3. The largest absolute Gasteiger partial charge is 0.361 e. The Hall–Kier alpha value is -2.19. The van der Waals surface area contributed by atoms with Gasteiger partial charge in [0, 0.05) is 42.8 Å². The minimum Gasteiger partial charge on any atom is -0.361 e. The summed E-state index contributed by atoms with van der Waals surface area (Å²) in [6.07, 6.45) is 3.25. The molecule has 0 saturated carbocycles. The lowest BCUT2D eigenvalue weighted by Crippen LogP contribution is -2.37. The van der Waals surface area contributed by atoms with Gasteiger partial charge in [-0.15, -0.1) is 11.3 Å². The topological polar surface area (TPSA) is 72.1 Å². The lowest BCUT2D eigenvalue weighted by atomic mass is 10.1. The van der Waals surface area contributed by atoms with Gasteiger partial charge in [-0.3, -0.25) is 9.78 Å². The van der Waals surface area contributed by atoms with E-state index in [1.54, 1.807) is 6.20 Å². The van der Waals surface area contributed by atoms with Crippen LogP contribution < -0.4 is 0 Å². The molecule has 1 aliphatic heterocycles. The van der Waals surface area contributed by atoms with Gasteiger partial charge in [0.25, 0.3) is 5.91 Å². The van der Waals surface area contributed by atoms with Crippen molar-refractivity contribution in [2.45, 2.75) is 26.7 Å². The van der Waals surface area contributed by atoms with Gasteiger partial charge in [0.2, 0.25) is 0 Å². The van der Waals surface area contributed by atoms with E-state index in [4.69, 9.17) is 4.52 Å². The zero-order chi connectivity index (χ0) is 19.5. The Morgan fingerprint density at radius 2 is 2.04 bits per heavy atom. The van der Waals surface area contributed by atoms with Crippen LogP contribution in [0, 0.1) is 13.8 Å². The maximum absolute atomic E-state index is 12.8. The Morgan fingerprint density at radius 3 is 2.79 bits per heavy atom. The fourth-order valence-corrected chi connectivity index (χ4v) is 5.22. The first-order valence-electron chi connectivity index (χ1n) is 9.33. The molecule has 0 aliphatic carbocycles. The molecule has 0 unspecified atom stereocenters. The van der Waals surface area contributed by atoms with Crippen LogP contribution in [0.3, 0.4) is 0 Å². The molecule has 0 N–H and O–H groups in total. The number of rotatable bonds is 5. The van der Waals surface area contributed by atoms with Gasteiger partial charge in [-0.2, -0.15) is 11.8 Å². The number of thiazole rings is 1. The Balaban J connectivity index is 1.49. The van der Waals surface area contributed by atoms with Crippen molar-refractivity contribution in [3.8, 4) is 11.4 Å². The van der Waals surface area contributed by atoms with E-state index in [1.165, 1.54) is 11.3 Å². The van der Waals surface area contributed by atoms with Gasteiger partial charge >= 0.3 is 0 Å². The van der Waals surface area contributed by atoms with Crippen LogP contribution in [0.5, 0.6) is 0 Å². The van der Waals surface area contributed by atoms with Gasteiger partial charge in [0.1, 0.15) is 16.3 Å². The smallest absolute Gasteiger partial charge is 0.265 e. The Labute approximate surface area is 172 Å². The fourth-order valence-electron chi connectivity index (χ4n) is 3.29. The molecule has 4 rings (SSSR count). The molecule has 4 heterocycles. The molecule has 0 radical (unpaired) electrons. The average molecular weight is 415 g/mol. The molecule has 28 heavy (non-hydrogen) atoms. The van der Waals surface area contributed by atoms with Crippen LogP contribution in [0.25, 0.3) is 11.4 Å². The maximum Gasteiger partial charge on any atom is 0.265 e. The Morgan fingerprint density at radius 1 is 1.21 bits per heavy atom. The summed E-state index contributed by atoms with van der Waals surface area (Å²) in [4.78, 5) is 24.6. The fraction of sp³-hybridized carbons (Fsp3) is 0.400. The van der Waals surface area contributed by atoms with Gasteiger partial charge in [0.15, 0.2) is 0 Å². The number of carbonyl (C=O) groups excluding carboxylic acids is 1. The van der Waals surface area contributed by atoms with Crippen molar-refractivity contribution < 1.29 is 9.32 Å². The van der Waals surface area contributed by atoms with Gasteiger partial charge in [-0.25, -0.2) is 4.98 Å². The quantitative estimate of drug-likeness (QED) is 0.633. The van der Waals surface area contributed by atoms with E-state index in [9.17, 15) is 4.79 Å². The summed E-state index contributed by atoms with van der Waals surface area (Å²) in [7, 11) is 0. The van der Waals surface area contributed by atoms with Gasteiger partial charge in [-0.1, -0.05) is 11.2 Å². The number of aromatic nitrogens is 3. The SMILES string of the molecule is Cc1nc(CCc2c(-c3ccccn3)noc2C)sc1C(=O)N1CCSCC1. The predicted molar refractivity (Wildman–Crippen MR) is 112 cm³/mol. The van der Waals surface area contributed by atoms with Crippen LogP contribution in [-0.4, -0.2) is 50.5 Å². The number of hydrogen-bond acceptors (Lipinski definition) is 7. The minimum atomic E-state index is 0.122. The average Bonchev–Trinajstić information content (AvgIpc) is 3.29. The molecule has 0 bridgehead atoms. The van der Waals surface area contributed by atoms with Crippen molar-refractivity contribution in [3.05, 3.63) is 51.3 Å². The first kappa shape index (κ1) is 19.1. The molecule has 1 fully saturated rings. The summed E-state index contributed by atoms with van der Waals surface area (Å²) in [5.74, 6) is 2.95. The lowest BCUT2D eigenvalue weighted by Gasteiger charge is -2.25. The third-order valence-electron chi connectivity index (χ3n) is 4.81. The molecule has 0 atom stereocenters. The summed E-state index contributed by atoms with van der Waals surface area (Å²) < 4.78 is 5.42. The Kier molecular flexibility index (Phi) is 5.77. The van der Waals surface area contributed by atoms with Crippen molar-refractivity contribution in [3.63, 3.8) is 0 Å². The maximum atomic E-state index is 12.8. The van der Waals surface area contributed by atoms with Crippen molar-refractivity contribution >= 4 is 29.0 Å². The number of pyridine rings is 1. The van der Waals surface area contributed by atoms with Crippen LogP contribution in [-0.2, 0) is 12.8 Å².